The van der Waals surface area contributed by atoms with Crippen LogP contribution in [0.25, 0.3) is 0 Å². The van der Waals surface area contributed by atoms with Gasteiger partial charge in [0.25, 0.3) is 5.91 Å². The lowest BCUT2D eigenvalue weighted by Crippen LogP contribution is -2.29. The average molecular weight is 493 g/mol. The van der Waals surface area contributed by atoms with Gasteiger partial charge in [0.1, 0.15) is 11.7 Å². The van der Waals surface area contributed by atoms with Crippen molar-refractivity contribution in [2.45, 2.75) is 53.4 Å². The number of unbranched alkanes of at least 4 members (excludes halogenated alkanes) is 1. The Bertz CT molecular complexity index is 1130. The molecule has 4 rings (SSSR count). The van der Waals surface area contributed by atoms with E-state index in [0.29, 0.717) is 12.1 Å². The van der Waals surface area contributed by atoms with Gasteiger partial charge < -0.3 is 9.80 Å². The summed E-state index contributed by atoms with van der Waals surface area (Å²) in [7, 11) is 1.70. The minimum atomic E-state index is -0.372. The average Bonchev–Trinajstić information content (AvgIpc) is 3.31. The van der Waals surface area contributed by atoms with Crippen molar-refractivity contribution in [3.05, 3.63) is 58.7 Å². The first-order valence-corrected chi connectivity index (χ1v) is 12.7. The van der Waals surface area contributed by atoms with E-state index in [-0.39, 0.29) is 17.6 Å². The number of carbonyl (C=O) groups excluding carboxylic acids is 1. The molecule has 1 unspecified atom stereocenters. The number of benzene rings is 1. The zero-order valence-corrected chi connectivity index (χ0v) is 22.1. The van der Waals surface area contributed by atoms with E-state index >= 15 is 0 Å². The SMILES string of the molecule is CCCCC1=NN2C=C(C)C(N3CCC(C#N)C3)=NC(=C1)C2.CCN(C)C(=O)c1cc(F)ccc1C. The molecular formula is C28H37FN6O. The number of amides is 1. The summed E-state index contributed by atoms with van der Waals surface area (Å²) in [4.78, 5) is 20.4. The lowest BCUT2D eigenvalue weighted by molar-refractivity contribution is 0.0801. The molecule has 36 heavy (non-hydrogen) atoms. The summed E-state index contributed by atoms with van der Waals surface area (Å²) in [6, 6.07) is 6.63. The van der Waals surface area contributed by atoms with Crippen LogP contribution < -0.4 is 0 Å². The van der Waals surface area contributed by atoms with Crippen LogP contribution in [0.15, 0.2) is 51.8 Å². The first-order valence-electron chi connectivity index (χ1n) is 12.7. The predicted octanol–water partition coefficient (Wildman–Crippen LogP) is 5.12. The zero-order valence-electron chi connectivity index (χ0n) is 22.1. The third-order valence-corrected chi connectivity index (χ3v) is 6.57. The third kappa shape index (κ3) is 6.81. The molecule has 192 valence electrons. The van der Waals surface area contributed by atoms with Crippen molar-refractivity contribution < 1.29 is 9.18 Å². The van der Waals surface area contributed by atoms with Gasteiger partial charge in [0, 0.05) is 44.0 Å². The van der Waals surface area contributed by atoms with Crippen LogP contribution in [0.5, 0.6) is 0 Å². The van der Waals surface area contributed by atoms with Crippen molar-refractivity contribution in [2.75, 3.05) is 33.2 Å². The van der Waals surface area contributed by atoms with E-state index in [0.717, 1.165) is 67.3 Å². The third-order valence-electron chi connectivity index (χ3n) is 6.57. The van der Waals surface area contributed by atoms with Crippen molar-refractivity contribution in [1.82, 2.24) is 14.8 Å². The van der Waals surface area contributed by atoms with Gasteiger partial charge in [0.05, 0.1) is 29.9 Å². The number of hydrazone groups is 1. The van der Waals surface area contributed by atoms with E-state index in [9.17, 15) is 9.18 Å². The summed E-state index contributed by atoms with van der Waals surface area (Å²) in [5.41, 5.74) is 4.56. The first kappa shape index (κ1) is 27.1. The van der Waals surface area contributed by atoms with Crippen molar-refractivity contribution in [3.8, 4) is 6.07 Å². The number of allylic oxidation sites excluding steroid dienone is 1. The number of carbonyl (C=O) groups is 1. The number of halogens is 1. The van der Waals surface area contributed by atoms with Crippen molar-refractivity contribution in [3.63, 3.8) is 0 Å². The number of fused-ring (bicyclic) bond motifs is 2. The minimum absolute atomic E-state index is 0.128. The van der Waals surface area contributed by atoms with Crippen LogP contribution in [0.3, 0.4) is 0 Å². The number of rotatable bonds is 5. The highest BCUT2D eigenvalue weighted by molar-refractivity contribution is 6.01. The van der Waals surface area contributed by atoms with Crippen LogP contribution in [-0.2, 0) is 0 Å². The molecule has 3 aliphatic heterocycles. The molecule has 1 aromatic rings. The standard InChI is InChI=1S/C17H23N5.C11H14FNO/c1-3-4-5-15-8-16-12-22(20-15)10-13(2)17(19-16)21-7-6-14(9-18)11-21;1-4-13(3)11(14)10-7-9(12)6-5-8(10)2/h8,10,14H,3-7,11-12H2,1-2H3;5-7H,4H2,1-3H3. The fraction of sp³-hybridized carbons (Fsp3) is 0.500. The van der Waals surface area contributed by atoms with Gasteiger partial charge in [-0.3, -0.25) is 9.80 Å². The van der Waals surface area contributed by atoms with Crippen molar-refractivity contribution >= 4 is 17.5 Å². The number of hydrogen-bond donors (Lipinski definition) is 0. The van der Waals surface area contributed by atoms with E-state index in [4.69, 9.17) is 15.4 Å². The smallest absolute Gasteiger partial charge is 0.253 e. The first-order chi connectivity index (χ1) is 17.2. The Morgan fingerprint density at radius 1 is 1.31 bits per heavy atom. The zero-order chi connectivity index (χ0) is 26.2. The highest BCUT2D eigenvalue weighted by Gasteiger charge is 2.28. The molecule has 1 fully saturated rings. The number of likely N-dealkylation sites (tertiary alicyclic amines) is 1. The molecule has 1 aromatic carbocycles. The second-order valence-corrected chi connectivity index (χ2v) is 9.51. The van der Waals surface area contributed by atoms with Crippen LogP contribution in [0, 0.1) is 30.0 Å². The quantitative estimate of drug-likeness (QED) is 0.572. The van der Waals surface area contributed by atoms with E-state index in [1.54, 1.807) is 24.9 Å². The number of nitriles is 1. The summed E-state index contributed by atoms with van der Waals surface area (Å²) in [6.07, 6.45) is 8.50. The van der Waals surface area contributed by atoms with Crippen LogP contribution in [-0.4, -0.2) is 65.5 Å². The Kier molecular flexibility index (Phi) is 9.40. The lowest BCUT2D eigenvalue weighted by atomic mass is 10.1. The maximum absolute atomic E-state index is 12.9. The summed E-state index contributed by atoms with van der Waals surface area (Å²) < 4.78 is 12.9. The molecule has 7 nitrogen and oxygen atoms in total. The molecule has 2 bridgehead atoms. The normalized spacial score (nSPS) is 18.6. The molecule has 0 spiro atoms. The van der Waals surface area contributed by atoms with Crippen LogP contribution in [0.4, 0.5) is 4.39 Å². The van der Waals surface area contributed by atoms with E-state index in [1.807, 2.05) is 11.9 Å². The lowest BCUT2D eigenvalue weighted by Gasteiger charge is -2.20. The molecule has 8 heteroatoms. The van der Waals surface area contributed by atoms with Gasteiger partial charge in [-0.15, -0.1) is 0 Å². The molecular weight excluding hydrogens is 455 g/mol. The number of aliphatic imine (C=N–C) groups is 1. The predicted molar refractivity (Wildman–Crippen MR) is 142 cm³/mol. The van der Waals surface area contributed by atoms with Gasteiger partial charge in [-0.05, 0) is 63.8 Å². The van der Waals surface area contributed by atoms with Gasteiger partial charge in [-0.1, -0.05) is 19.4 Å². The number of nitrogens with zero attached hydrogens (tertiary/aromatic N) is 6. The van der Waals surface area contributed by atoms with Gasteiger partial charge in [0.2, 0.25) is 0 Å². The van der Waals surface area contributed by atoms with Gasteiger partial charge >= 0.3 is 0 Å². The Morgan fingerprint density at radius 2 is 2.08 bits per heavy atom. The summed E-state index contributed by atoms with van der Waals surface area (Å²) in [5.74, 6) is 0.634. The number of hydrogen-bond acceptors (Lipinski definition) is 6. The van der Waals surface area contributed by atoms with Crippen molar-refractivity contribution in [2.24, 2.45) is 16.0 Å². The molecule has 1 amide bonds. The molecule has 1 saturated heterocycles. The van der Waals surface area contributed by atoms with Crippen LogP contribution >= 0.6 is 0 Å². The molecule has 0 aromatic heterocycles. The van der Waals surface area contributed by atoms with Crippen LogP contribution in [0.1, 0.15) is 62.4 Å². The number of aryl methyl sites for hydroxylation is 1. The topological polar surface area (TPSA) is 75.3 Å². The number of amidine groups is 1. The Morgan fingerprint density at radius 3 is 2.75 bits per heavy atom. The second-order valence-electron chi connectivity index (χ2n) is 9.51. The molecule has 0 N–H and O–H groups in total. The fourth-order valence-electron chi connectivity index (χ4n) is 4.31. The highest BCUT2D eigenvalue weighted by Crippen LogP contribution is 2.24. The highest BCUT2D eigenvalue weighted by atomic mass is 19.1. The molecule has 1 atom stereocenters. The largest absolute Gasteiger partial charge is 0.355 e. The Hall–Kier alpha value is -3.47. The summed E-state index contributed by atoms with van der Waals surface area (Å²) in [5, 5.41) is 15.8. The van der Waals surface area contributed by atoms with Crippen LogP contribution in [0.2, 0.25) is 0 Å². The Labute approximate surface area is 214 Å². The molecule has 0 radical (unpaired) electrons. The summed E-state index contributed by atoms with van der Waals surface area (Å²) >= 11 is 0. The Balaban J connectivity index is 0.000000223. The van der Waals surface area contributed by atoms with Gasteiger partial charge in [-0.2, -0.15) is 10.4 Å². The second kappa shape index (κ2) is 12.5. The van der Waals surface area contributed by atoms with E-state index in [1.165, 1.54) is 18.6 Å². The van der Waals surface area contributed by atoms with E-state index < -0.39 is 0 Å². The van der Waals surface area contributed by atoms with Gasteiger partial charge in [0.15, 0.2) is 0 Å². The monoisotopic (exact) mass is 492 g/mol. The summed E-state index contributed by atoms with van der Waals surface area (Å²) in [6.45, 7) is 11.0. The molecule has 3 heterocycles. The maximum Gasteiger partial charge on any atom is 0.253 e. The van der Waals surface area contributed by atoms with Gasteiger partial charge in [-0.25, -0.2) is 9.38 Å². The minimum Gasteiger partial charge on any atom is -0.355 e. The fourth-order valence-corrected chi connectivity index (χ4v) is 4.31. The molecule has 0 aliphatic carbocycles. The van der Waals surface area contributed by atoms with Crippen molar-refractivity contribution in [1.29, 1.82) is 5.26 Å². The molecule has 3 aliphatic rings. The van der Waals surface area contributed by atoms with E-state index in [2.05, 4.69) is 37.1 Å². The maximum atomic E-state index is 12.9. The molecule has 0 saturated carbocycles.